The van der Waals surface area contributed by atoms with E-state index in [4.69, 9.17) is 0 Å². The van der Waals surface area contributed by atoms with Gasteiger partial charge in [-0.15, -0.1) is 0 Å². The molecule has 0 aliphatic heterocycles. The van der Waals surface area contributed by atoms with E-state index >= 15 is 0 Å². The van der Waals surface area contributed by atoms with Crippen LogP contribution in [0.5, 0.6) is 0 Å². The lowest BCUT2D eigenvalue weighted by Gasteiger charge is -2.18. The summed E-state index contributed by atoms with van der Waals surface area (Å²) in [6.45, 7) is 13.2. The predicted octanol–water partition coefficient (Wildman–Crippen LogP) is 8.37. The molecule has 0 spiro atoms. The Morgan fingerprint density at radius 1 is 0.529 bits per heavy atom. The summed E-state index contributed by atoms with van der Waals surface area (Å²) in [7, 11) is 0. The molecule has 0 N–H and O–H groups in total. The normalized spacial score (nSPS) is 12.1. The van der Waals surface area contributed by atoms with E-state index in [0.29, 0.717) is 11.1 Å². The third kappa shape index (κ3) is 6.12. The van der Waals surface area contributed by atoms with Crippen molar-refractivity contribution in [3.05, 3.63) is 105 Å². The average molecular weight is 445 g/mol. The first-order chi connectivity index (χ1) is 16.0. The minimum Gasteiger partial charge on any atom is -0.192 e. The van der Waals surface area contributed by atoms with Gasteiger partial charge in [0.15, 0.2) is 0 Å². The van der Waals surface area contributed by atoms with E-state index in [1.54, 1.807) is 12.1 Å². The zero-order chi connectivity index (χ0) is 24.9. The van der Waals surface area contributed by atoms with Crippen LogP contribution in [0.4, 0.5) is 0 Å². The summed E-state index contributed by atoms with van der Waals surface area (Å²) < 4.78 is 0. The Bertz CT molecular complexity index is 1190. The number of nitriles is 2. The highest BCUT2D eigenvalue weighted by molar-refractivity contribution is 5.78. The molecule has 3 aromatic carbocycles. The van der Waals surface area contributed by atoms with E-state index in [-0.39, 0.29) is 10.8 Å². The topological polar surface area (TPSA) is 47.6 Å². The summed E-state index contributed by atoms with van der Waals surface area (Å²) in [5.41, 5.74) is 7.45. The SMILES string of the molecule is CC(C)(C)c1ccc(/C=C/c2cc(C#N)c(/C=C/c3ccc(C(C)(C)C)cc3)cc2C#N)cc1. The van der Waals surface area contributed by atoms with Gasteiger partial charge in [0.05, 0.1) is 23.3 Å². The van der Waals surface area contributed by atoms with Gasteiger partial charge in [0.2, 0.25) is 0 Å². The highest BCUT2D eigenvalue weighted by Crippen LogP contribution is 2.25. The minimum atomic E-state index is 0.107. The molecule has 2 heteroatoms. The number of hydrogen-bond donors (Lipinski definition) is 0. The van der Waals surface area contributed by atoms with Gasteiger partial charge in [0.1, 0.15) is 0 Å². The maximum Gasteiger partial charge on any atom is 0.0998 e. The largest absolute Gasteiger partial charge is 0.192 e. The number of hydrogen-bond acceptors (Lipinski definition) is 2. The zero-order valence-electron chi connectivity index (χ0n) is 21.0. The molecule has 3 aromatic rings. The van der Waals surface area contributed by atoms with E-state index in [0.717, 1.165) is 22.3 Å². The van der Waals surface area contributed by atoms with Crippen LogP contribution in [0.25, 0.3) is 24.3 Å². The summed E-state index contributed by atoms with van der Waals surface area (Å²) in [5, 5.41) is 19.5. The van der Waals surface area contributed by atoms with Crippen LogP contribution in [-0.2, 0) is 10.8 Å². The quantitative estimate of drug-likeness (QED) is 0.379. The van der Waals surface area contributed by atoms with Crippen molar-refractivity contribution < 1.29 is 0 Å². The van der Waals surface area contributed by atoms with Gasteiger partial charge >= 0.3 is 0 Å². The monoisotopic (exact) mass is 444 g/mol. The lowest BCUT2D eigenvalue weighted by atomic mass is 9.86. The second kappa shape index (κ2) is 9.94. The number of nitrogens with zero attached hydrogens (tertiary/aromatic N) is 2. The van der Waals surface area contributed by atoms with Crippen molar-refractivity contribution in [3.63, 3.8) is 0 Å². The van der Waals surface area contributed by atoms with Crippen LogP contribution in [-0.4, -0.2) is 0 Å². The van der Waals surface area contributed by atoms with E-state index in [1.807, 2.05) is 24.3 Å². The molecule has 0 fully saturated rings. The second-order valence-corrected chi connectivity index (χ2v) is 10.7. The Morgan fingerprint density at radius 3 is 1.12 bits per heavy atom. The fourth-order valence-electron chi connectivity index (χ4n) is 3.66. The number of rotatable bonds is 4. The molecule has 0 radical (unpaired) electrons. The van der Waals surface area contributed by atoms with Crippen LogP contribution >= 0.6 is 0 Å². The van der Waals surface area contributed by atoms with Crippen molar-refractivity contribution in [1.29, 1.82) is 10.5 Å². The Kier molecular flexibility index (Phi) is 7.24. The molecule has 3 rings (SSSR count). The lowest BCUT2D eigenvalue weighted by Crippen LogP contribution is -2.10. The van der Waals surface area contributed by atoms with E-state index in [2.05, 4.69) is 102 Å². The molecule has 0 amide bonds. The molecule has 0 saturated heterocycles. The second-order valence-electron chi connectivity index (χ2n) is 10.7. The van der Waals surface area contributed by atoms with Gasteiger partial charge in [0, 0.05) is 0 Å². The summed E-state index contributed by atoms with van der Waals surface area (Å²) in [6.07, 6.45) is 7.78. The fourth-order valence-corrected chi connectivity index (χ4v) is 3.66. The van der Waals surface area contributed by atoms with Gasteiger partial charge in [-0.05, 0) is 56.3 Å². The third-order valence-corrected chi connectivity index (χ3v) is 5.93. The molecule has 0 saturated carbocycles. The van der Waals surface area contributed by atoms with Gasteiger partial charge < -0.3 is 0 Å². The van der Waals surface area contributed by atoms with E-state index in [1.165, 1.54) is 11.1 Å². The van der Waals surface area contributed by atoms with Crippen molar-refractivity contribution >= 4 is 24.3 Å². The molecule has 2 nitrogen and oxygen atoms in total. The predicted molar refractivity (Wildman–Crippen MR) is 144 cm³/mol. The molecule has 34 heavy (non-hydrogen) atoms. The molecule has 0 aromatic heterocycles. The minimum absolute atomic E-state index is 0.107. The Labute approximate surface area is 204 Å². The summed E-state index contributed by atoms with van der Waals surface area (Å²) >= 11 is 0. The van der Waals surface area contributed by atoms with E-state index < -0.39 is 0 Å². The fraction of sp³-hybridized carbons (Fsp3) is 0.250. The first kappa shape index (κ1) is 24.8. The Morgan fingerprint density at radius 2 is 0.853 bits per heavy atom. The Balaban J connectivity index is 1.87. The van der Waals surface area contributed by atoms with Gasteiger partial charge in [-0.1, -0.05) is 114 Å². The lowest BCUT2D eigenvalue weighted by molar-refractivity contribution is 0.590. The van der Waals surface area contributed by atoms with Crippen LogP contribution in [0, 0.1) is 22.7 Å². The Hall–Kier alpha value is -3.88. The first-order valence-electron chi connectivity index (χ1n) is 11.6. The van der Waals surface area contributed by atoms with Gasteiger partial charge in [-0.25, -0.2) is 0 Å². The zero-order valence-corrected chi connectivity index (χ0v) is 21.0. The summed E-state index contributed by atoms with van der Waals surface area (Å²) in [6, 6.07) is 25.0. The molecule has 0 bridgehead atoms. The molecule has 0 unspecified atom stereocenters. The molecular formula is C32H32N2. The van der Waals surface area contributed by atoms with Crippen molar-refractivity contribution in [1.82, 2.24) is 0 Å². The molecule has 170 valence electrons. The average Bonchev–Trinajstić information content (AvgIpc) is 2.80. The van der Waals surface area contributed by atoms with Crippen molar-refractivity contribution in [3.8, 4) is 12.1 Å². The molecule has 0 aliphatic rings. The van der Waals surface area contributed by atoms with Crippen molar-refractivity contribution in [2.45, 2.75) is 52.4 Å². The third-order valence-electron chi connectivity index (χ3n) is 5.93. The first-order valence-corrected chi connectivity index (χ1v) is 11.6. The molecule has 0 atom stereocenters. The smallest absolute Gasteiger partial charge is 0.0998 e. The molecular weight excluding hydrogens is 412 g/mol. The molecule has 0 heterocycles. The van der Waals surface area contributed by atoms with Crippen LogP contribution in [0.2, 0.25) is 0 Å². The van der Waals surface area contributed by atoms with Gasteiger partial charge in [-0.2, -0.15) is 10.5 Å². The highest BCUT2D eigenvalue weighted by atomic mass is 14.3. The van der Waals surface area contributed by atoms with Gasteiger partial charge in [-0.3, -0.25) is 0 Å². The maximum atomic E-state index is 9.73. The van der Waals surface area contributed by atoms with Crippen molar-refractivity contribution in [2.75, 3.05) is 0 Å². The van der Waals surface area contributed by atoms with Gasteiger partial charge in [0.25, 0.3) is 0 Å². The molecule has 0 aliphatic carbocycles. The van der Waals surface area contributed by atoms with Crippen LogP contribution in [0.1, 0.15) is 86.1 Å². The highest BCUT2D eigenvalue weighted by Gasteiger charge is 2.13. The van der Waals surface area contributed by atoms with E-state index in [9.17, 15) is 10.5 Å². The van der Waals surface area contributed by atoms with Crippen LogP contribution in [0.3, 0.4) is 0 Å². The summed E-state index contributed by atoms with van der Waals surface area (Å²) in [4.78, 5) is 0. The standard InChI is InChI=1S/C32H32N2/c1-31(2,3)29-15-9-23(10-16-29)7-13-25-19-28(22-34)26(20-27(25)21-33)14-8-24-11-17-30(18-12-24)32(4,5)6/h7-20H,1-6H3/b13-7+,14-8+. The van der Waals surface area contributed by atoms with Crippen LogP contribution < -0.4 is 0 Å². The summed E-state index contributed by atoms with van der Waals surface area (Å²) in [5.74, 6) is 0. The maximum absolute atomic E-state index is 9.73. The number of benzene rings is 3. The van der Waals surface area contributed by atoms with Crippen LogP contribution in [0.15, 0.2) is 60.7 Å². The van der Waals surface area contributed by atoms with Crippen molar-refractivity contribution in [2.24, 2.45) is 0 Å².